The Kier molecular flexibility index (Phi) is 4.80. The van der Waals surface area contributed by atoms with Crippen molar-refractivity contribution in [2.24, 2.45) is 0 Å². The first kappa shape index (κ1) is 15.7. The first-order chi connectivity index (χ1) is 9.96. The second-order valence-corrected chi connectivity index (χ2v) is 6.01. The molecule has 0 aliphatic heterocycles. The monoisotopic (exact) mass is 289 g/mol. The molecule has 1 N–H and O–H groups in total. The highest BCUT2D eigenvalue weighted by atomic mass is 16.5. The highest BCUT2D eigenvalue weighted by molar-refractivity contribution is 5.99. The lowest BCUT2D eigenvalue weighted by atomic mass is 9.96. The largest absolute Gasteiger partial charge is 0.390 e. The van der Waals surface area contributed by atoms with E-state index in [1.807, 2.05) is 24.4 Å². The fraction of sp³-hybridized carbons (Fsp3) is 0.471. The number of aliphatic hydroxyl groups is 1. The van der Waals surface area contributed by atoms with Gasteiger partial charge in [-0.25, -0.2) is 0 Å². The quantitative estimate of drug-likeness (QED) is 0.797. The molecule has 1 aromatic heterocycles. The average Bonchev–Trinajstić information content (AvgIpc) is 2.80. The van der Waals surface area contributed by atoms with Gasteiger partial charge in [-0.3, -0.25) is 4.79 Å². The van der Waals surface area contributed by atoms with Gasteiger partial charge in [-0.15, -0.1) is 0 Å². The maximum atomic E-state index is 11.4. The molecule has 0 fully saturated rings. The van der Waals surface area contributed by atoms with Crippen LogP contribution in [0.2, 0.25) is 0 Å². The number of carbonyl (C=O) groups is 1. The van der Waals surface area contributed by atoms with Crippen molar-refractivity contribution in [2.75, 3.05) is 13.7 Å². The Morgan fingerprint density at radius 1 is 1.38 bits per heavy atom. The first-order valence-corrected chi connectivity index (χ1v) is 7.23. The molecule has 4 nitrogen and oxygen atoms in total. The van der Waals surface area contributed by atoms with Crippen LogP contribution in [0.15, 0.2) is 24.4 Å². The Labute approximate surface area is 125 Å². The number of aryl methyl sites for hydroxylation is 1. The summed E-state index contributed by atoms with van der Waals surface area (Å²) in [4.78, 5) is 11.4. The summed E-state index contributed by atoms with van der Waals surface area (Å²) in [7, 11) is 1.67. The SMILES string of the molecule is COCCn1cc(C=O)c2c(CCC(C)(C)O)cccc21. The van der Waals surface area contributed by atoms with Gasteiger partial charge in [0.2, 0.25) is 0 Å². The number of aldehydes is 1. The van der Waals surface area contributed by atoms with E-state index in [4.69, 9.17) is 4.74 Å². The highest BCUT2D eigenvalue weighted by Gasteiger charge is 2.16. The number of hydrogen-bond acceptors (Lipinski definition) is 3. The van der Waals surface area contributed by atoms with Crippen LogP contribution in [0, 0.1) is 0 Å². The van der Waals surface area contributed by atoms with Gasteiger partial charge >= 0.3 is 0 Å². The third kappa shape index (κ3) is 3.71. The van der Waals surface area contributed by atoms with Crippen LogP contribution < -0.4 is 0 Å². The molecule has 0 aliphatic rings. The van der Waals surface area contributed by atoms with Crippen molar-refractivity contribution in [3.63, 3.8) is 0 Å². The molecular weight excluding hydrogens is 266 g/mol. The van der Waals surface area contributed by atoms with Crippen LogP contribution in [0.5, 0.6) is 0 Å². The molecule has 114 valence electrons. The van der Waals surface area contributed by atoms with Crippen LogP contribution in [0.1, 0.15) is 36.2 Å². The van der Waals surface area contributed by atoms with Crippen molar-refractivity contribution in [2.45, 2.75) is 38.8 Å². The number of aromatic nitrogens is 1. The summed E-state index contributed by atoms with van der Waals surface area (Å²) >= 11 is 0. The molecule has 2 aromatic rings. The van der Waals surface area contributed by atoms with Gasteiger partial charge < -0.3 is 14.4 Å². The van der Waals surface area contributed by atoms with Gasteiger partial charge in [-0.2, -0.15) is 0 Å². The lowest BCUT2D eigenvalue weighted by molar-refractivity contribution is 0.0715. The van der Waals surface area contributed by atoms with Gasteiger partial charge in [-0.05, 0) is 38.3 Å². The van der Waals surface area contributed by atoms with Gasteiger partial charge in [-0.1, -0.05) is 12.1 Å². The lowest BCUT2D eigenvalue weighted by Gasteiger charge is -2.17. The van der Waals surface area contributed by atoms with E-state index in [-0.39, 0.29) is 0 Å². The number of methoxy groups -OCH3 is 1. The molecule has 0 saturated heterocycles. The predicted molar refractivity (Wildman–Crippen MR) is 83.8 cm³/mol. The number of fused-ring (bicyclic) bond motifs is 1. The summed E-state index contributed by atoms with van der Waals surface area (Å²) < 4.78 is 7.17. The topological polar surface area (TPSA) is 51.5 Å². The van der Waals surface area contributed by atoms with Crippen LogP contribution in [0.4, 0.5) is 0 Å². The maximum Gasteiger partial charge on any atom is 0.152 e. The van der Waals surface area contributed by atoms with Crippen molar-refractivity contribution in [3.8, 4) is 0 Å². The van der Waals surface area contributed by atoms with E-state index in [0.29, 0.717) is 18.6 Å². The Morgan fingerprint density at radius 3 is 2.76 bits per heavy atom. The van der Waals surface area contributed by atoms with Crippen molar-refractivity contribution in [1.29, 1.82) is 0 Å². The molecule has 0 unspecified atom stereocenters. The van der Waals surface area contributed by atoms with E-state index >= 15 is 0 Å². The lowest BCUT2D eigenvalue weighted by Crippen LogP contribution is -2.19. The van der Waals surface area contributed by atoms with Crippen LogP contribution >= 0.6 is 0 Å². The molecular formula is C17H23NO3. The van der Waals surface area contributed by atoms with Gasteiger partial charge in [0.1, 0.15) is 0 Å². The third-order valence-corrected chi connectivity index (χ3v) is 3.69. The number of carbonyl (C=O) groups excluding carboxylic acids is 1. The van der Waals surface area contributed by atoms with Crippen molar-refractivity contribution in [3.05, 3.63) is 35.5 Å². The molecule has 0 radical (unpaired) electrons. The third-order valence-electron chi connectivity index (χ3n) is 3.69. The summed E-state index contributed by atoms with van der Waals surface area (Å²) in [5.41, 5.74) is 2.14. The summed E-state index contributed by atoms with van der Waals surface area (Å²) in [6.45, 7) is 4.93. The van der Waals surface area contributed by atoms with Crippen LogP contribution in [0.3, 0.4) is 0 Å². The zero-order valence-electron chi connectivity index (χ0n) is 12.9. The second kappa shape index (κ2) is 6.41. The van der Waals surface area contributed by atoms with Gasteiger partial charge in [0.05, 0.1) is 12.2 Å². The van der Waals surface area contributed by atoms with Crippen LogP contribution in [-0.2, 0) is 17.7 Å². The summed E-state index contributed by atoms with van der Waals surface area (Å²) in [5.74, 6) is 0. The smallest absolute Gasteiger partial charge is 0.152 e. The molecule has 1 aromatic carbocycles. The van der Waals surface area contributed by atoms with Crippen LogP contribution in [0.25, 0.3) is 10.9 Å². The van der Waals surface area contributed by atoms with Gasteiger partial charge in [0, 0.05) is 36.3 Å². The standard InChI is InChI=1S/C17H23NO3/c1-17(2,20)8-7-13-5-4-6-15-16(13)14(12-19)11-18(15)9-10-21-3/h4-6,11-12,20H,7-10H2,1-3H3. The average molecular weight is 289 g/mol. The van der Waals surface area contributed by atoms with E-state index < -0.39 is 5.60 Å². The van der Waals surface area contributed by atoms with E-state index in [1.54, 1.807) is 21.0 Å². The fourth-order valence-electron chi connectivity index (χ4n) is 2.57. The molecule has 0 spiro atoms. The number of nitrogens with zero attached hydrogens (tertiary/aromatic N) is 1. The predicted octanol–water partition coefficient (Wildman–Crippen LogP) is 2.80. The minimum absolute atomic E-state index is 0.607. The Bertz CT molecular complexity index is 623. The zero-order valence-corrected chi connectivity index (χ0v) is 12.9. The van der Waals surface area contributed by atoms with E-state index in [0.717, 1.165) is 35.7 Å². The minimum Gasteiger partial charge on any atom is -0.390 e. The Hall–Kier alpha value is -1.65. The Balaban J connectivity index is 2.42. The van der Waals surface area contributed by atoms with E-state index in [2.05, 4.69) is 4.57 Å². The summed E-state index contributed by atoms with van der Waals surface area (Å²) in [6, 6.07) is 6.05. The summed E-state index contributed by atoms with van der Waals surface area (Å²) in [6.07, 6.45) is 4.19. The van der Waals surface area contributed by atoms with Crippen molar-refractivity contribution >= 4 is 17.2 Å². The molecule has 0 atom stereocenters. The maximum absolute atomic E-state index is 11.4. The normalized spacial score (nSPS) is 12.0. The molecule has 0 amide bonds. The number of rotatable bonds is 7. The van der Waals surface area contributed by atoms with E-state index in [1.165, 1.54) is 0 Å². The number of benzene rings is 1. The molecule has 4 heteroatoms. The first-order valence-electron chi connectivity index (χ1n) is 7.23. The van der Waals surface area contributed by atoms with Crippen LogP contribution in [-0.4, -0.2) is 35.3 Å². The van der Waals surface area contributed by atoms with Gasteiger partial charge in [0.15, 0.2) is 6.29 Å². The molecule has 1 heterocycles. The summed E-state index contributed by atoms with van der Waals surface area (Å²) in [5, 5.41) is 10.9. The number of ether oxygens (including phenoxy) is 1. The highest BCUT2D eigenvalue weighted by Crippen LogP contribution is 2.26. The molecule has 0 saturated carbocycles. The van der Waals surface area contributed by atoms with Crippen molar-refractivity contribution < 1.29 is 14.6 Å². The molecule has 0 aliphatic carbocycles. The molecule has 0 bridgehead atoms. The minimum atomic E-state index is -0.706. The number of hydrogen-bond donors (Lipinski definition) is 1. The molecule has 21 heavy (non-hydrogen) atoms. The Morgan fingerprint density at radius 2 is 2.14 bits per heavy atom. The zero-order chi connectivity index (χ0) is 15.5. The van der Waals surface area contributed by atoms with E-state index in [9.17, 15) is 9.90 Å². The van der Waals surface area contributed by atoms with Gasteiger partial charge in [0.25, 0.3) is 0 Å². The molecule has 2 rings (SSSR count). The second-order valence-electron chi connectivity index (χ2n) is 6.01. The fourth-order valence-corrected chi connectivity index (χ4v) is 2.57. The van der Waals surface area contributed by atoms with Crippen molar-refractivity contribution in [1.82, 2.24) is 4.57 Å².